The monoisotopic (exact) mass is 276 g/mol. The minimum absolute atomic E-state index is 0.505. The first kappa shape index (κ1) is 15.0. The van der Waals surface area contributed by atoms with Gasteiger partial charge in [-0.15, -0.1) is 10.2 Å². The Hall–Kier alpha value is -1.06. The van der Waals surface area contributed by atoms with Gasteiger partial charge in [0.15, 0.2) is 5.82 Å². The summed E-state index contributed by atoms with van der Waals surface area (Å²) in [6.07, 6.45) is 1.98. The zero-order chi connectivity index (χ0) is 13.6. The minimum Gasteiger partial charge on any atom is -0.310 e. The van der Waals surface area contributed by atoms with Crippen molar-refractivity contribution in [3.8, 4) is 0 Å². The lowest BCUT2D eigenvalue weighted by atomic mass is 10.4. The van der Waals surface area contributed by atoms with Crippen LogP contribution in [0.4, 0.5) is 0 Å². The predicted molar refractivity (Wildman–Crippen MR) is 67.2 cm³/mol. The van der Waals surface area contributed by atoms with Crippen LogP contribution in [0.3, 0.4) is 0 Å². The molecule has 0 aliphatic heterocycles. The van der Waals surface area contributed by atoms with Crippen LogP contribution in [0.2, 0.25) is 0 Å². The van der Waals surface area contributed by atoms with Gasteiger partial charge in [-0.2, -0.15) is 4.80 Å². The second-order valence-corrected chi connectivity index (χ2v) is 5.96. The van der Waals surface area contributed by atoms with Gasteiger partial charge in [0.2, 0.25) is 10.0 Å². The molecule has 8 nitrogen and oxygen atoms in total. The third kappa shape index (κ3) is 5.07. The molecule has 1 aromatic heterocycles. The minimum atomic E-state index is -3.08. The number of nitrogens with zero attached hydrogens (tertiary/aromatic N) is 5. The Kier molecular flexibility index (Phi) is 5.63. The summed E-state index contributed by atoms with van der Waals surface area (Å²) in [7, 11) is -1.37. The van der Waals surface area contributed by atoms with Gasteiger partial charge in [-0.3, -0.25) is 0 Å². The van der Waals surface area contributed by atoms with Crippen LogP contribution < -0.4 is 5.32 Å². The van der Waals surface area contributed by atoms with Crippen LogP contribution >= 0.6 is 0 Å². The molecule has 0 saturated carbocycles. The van der Waals surface area contributed by atoms with E-state index in [-0.39, 0.29) is 0 Å². The number of tetrazole rings is 1. The Morgan fingerprint density at radius 1 is 1.44 bits per heavy atom. The average molecular weight is 276 g/mol. The fourth-order valence-electron chi connectivity index (χ4n) is 1.53. The highest BCUT2D eigenvalue weighted by Gasteiger charge is 2.12. The largest absolute Gasteiger partial charge is 0.310 e. The van der Waals surface area contributed by atoms with Crippen LogP contribution in [0.25, 0.3) is 0 Å². The van der Waals surface area contributed by atoms with Gasteiger partial charge in [0.1, 0.15) is 0 Å². The number of hydrogen-bond acceptors (Lipinski definition) is 6. The lowest BCUT2D eigenvalue weighted by molar-refractivity contribution is 0.418. The van der Waals surface area contributed by atoms with E-state index < -0.39 is 10.0 Å². The molecule has 0 spiro atoms. The topological polar surface area (TPSA) is 93.0 Å². The van der Waals surface area contributed by atoms with Gasteiger partial charge in [-0.25, -0.2) is 12.7 Å². The maximum Gasteiger partial charge on any atom is 0.211 e. The molecule has 0 aliphatic rings. The predicted octanol–water partition coefficient (Wildman–Crippen LogP) is -1.03. The van der Waals surface area contributed by atoms with E-state index in [2.05, 4.69) is 20.7 Å². The van der Waals surface area contributed by atoms with Gasteiger partial charge in [0.05, 0.1) is 19.8 Å². The quantitative estimate of drug-likeness (QED) is 0.610. The second-order valence-electron chi connectivity index (χ2n) is 3.98. The molecule has 0 saturated heterocycles. The van der Waals surface area contributed by atoms with Gasteiger partial charge in [-0.1, -0.05) is 6.92 Å². The first-order valence-electron chi connectivity index (χ1n) is 5.82. The zero-order valence-corrected chi connectivity index (χ0v) is 11.8. The van der Waals surface area contributed by atoms with Crippen molar-refractivity contribution >= 4 is 10.0 Å². The van der Waals surface area contributed by atoms with E-state index in [4.69, 9.17) is 0 Å². The SMILES string of the molecule is CCN(CCCNCc1nnn(C)n1)S(C)(=O)=O. The summed E-state index contributed by atoms with van der Waals surface area (Å²) in [5, 5.41) is 14.7. The molecular formula is C9H20N6O2S. The highest BCUT2D eigenvalue weighted by atomic mass is 32.2. The van der Waals surface area contributed by atoms with Crippen molar-refractivity contribution in [2.24, 2.45) is 7.05 Å². The average Bonchev–Trinajstić information content (AvgIpc) is 2.67. The lowest BCUT2D eigenvalue weighted by Crippen LogP contribution is -2.32. The normalized spacial score (nSPS) is 12.2. The Bertz CT molecular complexity index is 457. The van der Waals surface area contributed by atoms with Crippen LogP contribution in [0.1, 0.15) is 19.2 Å². The van der Waals surface area contributed by atoms with Crippen molar-refractivity contribution < 1.29 is 8.42 Å². The van der Waals surface area contributed by atoms with Crippen LogP contribution in [0.15, 0.2) is 0 Å². The summed E-state index contributed by atoms with van der Waals surface area (Å²) in [6.45, 7) is 4.11. The van der Waals surface area contributed by atoms with E-state index in [1.807, 2.05) is 6.92 Å². The second kappa shape index (κ2) is 6.76. The number of nitrogens with one attached hydrogen (secondary N) is 1. The summed E-state index contributed by atoms with van der Waals surface area (Å²) in [4.78, 5) is 1.40. The molecule has 0 aliphatic carbocycles. The van der Waals surface area contributed by atoms with Crippen molar-refractivity contribution in [2.45, 2.75) is 19.9 Å². The van der Waals surface area contributed by atoms with Crippen LogP contribution in [-0.4, -0.2) is 58.8 Å². The molecule has 9 heteroatoms. The molecule has 1 rings (SSSR count). The molecule has 0 bridgehead atoms. The molecule has 0 atom stereocenters. The molecule has 0 aromatic carbocycles. The summed E-state index contributed by atoms with van der Waals surface area (Å²) < 4.78 is 24.1. The van der Waals surface area contributed by atoms with Gasteiger partial charge in [-0.05, 0) is 18.2 Å². The number of aromatic nitrogens is 4. The maximum absolute atomic E-state index is 11.3. The third-order valence-corrected chi connectivity index (χ3v) is 3.79. The van der Waals surface area contributed by atoms with Crippen LogP contribution in [0.5, 0.6) is 0 Å². The molecule has 1 aromatic rings. The number of sulfonamides is 1. The van der Waals surface area contributed by atoms with Gasteiger partial charge >= 0.3 is 0 Å². The fraction of sp³-hybridized carbons (Fsp3) is 0.889. The van der Waals surface area contributed by atoms with Crippen LogP contribution in [0, 0.1) is 0 Å². The van der Waals surface area contributed by atoms with Crippen molar-refractivity contribution in [2.75, 3.05) is 25.9 Å². The molecule has 0 fully saturated rings. The molecule has 1 heterocycles. The molecule has 18 heavy (non-hydrogen) atoms. The number of rotatable bonds is 8. The first-order chi connectivity index (χ1) is 8.43. The van der Waals surface area contributed by atoms with E-state index in [1.54, 1.807) is 7.05 Å². The highest BCUT2D eigenvalue weighted by molar-refractivity contribution is 7.88. The van der Waals surface area contributed by atoms with E-state index in [0.29, 0.717) is 32.0 Å². The molecule has 0 radical (unpaired) electrons. The van der Waals surface area contributed by atoms with Gasteiger partial charge < -0.3 is 5.32 Å². The summed E-state index contributed by atoms with van der Waals surface area (Å²) in [6, 6.07) is 0. The van der Waals surface area contributed by atoms with Crippen molar-refractivity contribution in [1.82, 2.24) is 29.8 Å². The van der Waals surface area contributed by atoms with Gasteiger partial charge in [0, 0.05) is 13.1 Å². The van der Waals surface area contributed by atoms with Crippen molar-refractivity contribution in [3.05, 3.63) is 5.82 Å². The fourth-order valence-corrected chi connectivity index (χ4v) is 2.46. The van der Waals surface area contributed by atoms with E-state index in [1.165, 1.54) is 15.4 Å². The Morgan fingerprint density at radius 3 is 2.67 bits per heavy atom. The third-order valence-electron chi connectivity index (χ3n) is 2.42. The molecular weight excluding hydrogens is 256 g/mol. The summed E-state index contributed by atoms with van der Waals surface area (Å²) in [5.74, 6) is 0.632. The van der Waals surface area contributed by atoms with E-state index >= 15 is 0 Å². The highest BCUT2D eigenvalue weighted by Crippen LogP contribution is 1.98. The summed E-state index contributed by atoms with van der Waals surface area (Å²) >= 11 is 0. The molecule has 104 valence electrons. The number of aryl methyl sites for hydroxylation is 1. The standard InChI is InChI=1S/C9H20N6O2S/c1-4-15(18(3,16)17)7-5-6-10-8-9-11-13-14(2)12-9/h10H,4-8H2,1-3H3. The maximum atomic E-state index is 11.3. The Balaban J connectivity index is 2.19. The molecule has 1 N–H and O–H groups in total. The van der Waals surface area contributed by atoms with E-state index in [9.17, 15) is 8.42 Å². The lowest BCUT2D eigenvalue weighted by Gasteiger charge is -2.17. The summed E-state index contributed by atoms with van der Waals surface area (Å²) in [5.41, 5.74) is 0. The smallest absolute Gasteiger partial charge is 0.211 e. The van der Waals surface area contributed by atoms with E-state index in [0.717, 1.165) is 6.42 Å². The number of hydrogen-bond donors (Lipinski definition) is 1. The first-order valence-corrected chi connectivity index (χ1v) is 7.67. The van der Waals surface area contributed by atoms with Crippen LogP contribution in [-0.2, 0) is 23.6 Å². The van der Waals surface area contributed by atoms with Crippen molar-refractivity contribution in [1.29, 1.82) is 0 Å². The molecule has 0 amide bonds. The Labute approximate surface area is 107 Å². The van der Waals surface area contributed by atoms with Gasteiger partial charge in [0.25, 0.3) is 0 Å². The molecule has 0 unspecified atom stereocenters. The Morgan fingerprint density at radius 2 is 2.17 bits per heavy atom. The zero-order valence-electron chi connectivity index (χ0n) is 11.0. The van der Waals surface area contributed by atoms with Crippen molar-refractivity contribution in [3.63, 3.8) is 0 Å².